The average molecular weight is 473 g/mol. The minimum Gasteiger partial charge on any atom is -0.356 e. The van der Waals surface area contributed by atoms with Crippen LogP contribution in [0.25, 0.3) is 0 Å². The highest BCUT2D eigenvalue weighted by Gasteiger charge is 2.05. The van der Waals surface area contributed by atoms with Crippen molar-refractivity contribution >= 4 is 40.0 Å². The summed E-state index contributed by atoms with van der Waals surface area (Å²) in [4.78, 5) is 4.13. The molecule has 9 nitrogen and oxygen atoms in total. The molecule has 0 bridgehead atoms. The molecular weight excluding hydrogens is 445 g/mol. The van der Waals surface area contributed by atoms with Gasteiger partial charge in [-0.3, -0.25) is 4.99 Å². The van der Waals surface area contributed by atoms with Crippen molar-refractivity contribution < 1.29 is 8.42 Å². The highest BCUT2D eigenvalue weighted by molar-refractivity contribution is 14.0. The van der Waals surface area contributed by atoms with E-state index >= 15 is 0 Å². The molecule has 0 fully saturated rings. The van der Waals surface area contributed by atoms with Crippen molar-refractivity contribution in [1.82, 2.24) is 30.1 Å². The fourth-order valence-electron chi connectivity index (χ4n) is 1.88. The van der Waals surface area contributed by atoms with Gasteiger partial charge in [0.25, 0.3) is 0 Å². The predicted octanol–water partition coefficient (Wildman–Crippen LogP) is -0.0471. The van der Waals surface area contributed by atoms with Gasteiger partial charge in [0.05, 0.1) is 5.75 Å². The summed E-state index contributed by atoms with van der Waals surface area (Å²) in [6, 6.07) is 0. The number of hydrogen-bond acceptors (Lipinski definition) is 5. The summed E-state index contributed by atoms with van der Waals surface area (Å²) >= 11 is 0. The first-order valence-corrected chi connectivity index (χ1v) is 9.46. The number of sulfonamides is 1. The lowest BCUT2D eigenvalue weighted by atomic mass is 10.4. The van der Waals surface area contributed by atoms with Crippen LogP contribution in [-0.2, 0) is 23.0 Å². The second-order valence-electron chi connectivity index (χ2n) is 4.87. The molecule has 0 radical (unpaired) electrons. The van der Waals surface area contributed by atoms with E-state index in [2.05, 4.69) is 30.5 Å². The number of rotatable bonds is 10. The molecule has 0 saturated carbocycles. The SMILES string of the molecule is CCc1nncn1CCNC(=NC)NCCCNS(=O)(=O)CC.I. The minimum absolute atomic E-state index is 0. The number of aliphatic imine (C=N–C) groups is 1. The molecule has 0 atom stereocenters. The molecule has 0 aliphatic rings. The summed E-state index contributed by atoms with van der Waals surface area (Å²) in [6.07, 6.45) is 3.25. The Hall–Kier alpha value is -0.950. The van der Waals surface area contributed by atoms with Crippen LogP contribution in [0, 0.1) is 0 Å². The predicted molar refractivity (Wildman–Crippen MR) is 106 cm³/mol. The van der Waals surface area contributed by atoms with Gasteiger partial charge < -0.3 is 15.2 Å². The molecule has 11 heteroatoms. The fourth-order valence-corrected chi connectivity index (χ4v) is 2.54. The van der Waals surface area contributed by atoms with E-state index in [4.69, 9.17) is 0 Å². The van der Waals surface area contributed by atoms with Crippen LogP contribution in [0.4, 0.5) is 0 Å². The quantitative estimate of drug-likeness (QED) is 0.190. The van der Waals surface area contributed by atoms with Crippen LogP contribution in [0.2, 0.25) is 0 Å². The third-order valence-corrected chi connectivity index (χ3v) is 4.63. The van der Waals surface area contributed by atoms with Crippen LogP contribution in [0.5, 0.6) is 0 Å². The van der Waals surface area contributed by atoms with Gasteiger partial charge in [-0.25, -0.2) is 13.1 Å². The Morgan fingerprint density at radius 2 is 1.96 bits per heavy atom. The molecule has 0 aliphatic carbocycles. The monoisotopic (exact) mass is 473 g/mol. The van der Waals surface area contributed by atoms with Crippen molar-refractivity contribution in [3.63, 3.8) is 0 Å². The maximum absolute atomic E-state index is 11.3. The molecule has 0 amide bonds. The molecule has 3 N–H and O–H groups in total. The van der Waals surface area contributed by atoms with Crippen molar-refractivity contribution in [2.45, 2.75) is 33.2 Å². The Labute approximate surface area is 161 Å². The Morgan fingerprint density at radius 1 is 1.25 bits per heavy atom. The first-order chi connectivity index (χ1) is 11.0. The fraction of sp³-hybridized carbons (Fsp3) is 0.769. The standard InChI is InChI=1S/C13H27N7O2S.HI/c1-4-12-19-17-11-20(12)10-9-16-13(14-3)15-7-6-8-18-23(21,22)5-2;/h11,18H,4-10H2,1-3H3,(H2,14,15,16);1H. The minimum atomic E-state index is -3.11. The molecular formula is C13H28IN7O2S. The number of hydrogen-bond donors (Lipinski definition) is 3. The molecule has 0 unspecified atom stereocenters. The third-order valence-electron chi connectivity index (χ3n) is 3.23. The highest BCUT2D eigenvalue weighted by Crippen LogP contribution is 1.94. The summed E-state index contributed by atoms with van der Waals surface area (Å²) in [5, 5.41) is 14.3. The lowest BCUT2D eigenvalue weighted by Gasteiger charge is -2.12. The Morgan fingerprint density at radius 3 is 2.58 bits per heavy atom. The van der Waals surface area contributed by atoms with Gasteiger partial charge in [-0.2, -0.15) is 0 Å². The van der Waals surface area contributed by atoms with Crippen LogP contribution < -0.4 is 15.4 Å². The summed E-state index contributed by atoms with van der Waals surface area (Å²) in [5.74, 6) is 1.75. The van der Waals surface area contributed by atoms with Crippen LogP contribution in [0.15, 0.2) is 11.3 Å². The lowest BCUT2D eigenvalue weighted by Crippen LogP contribution is -2.40. The van der Waals surface area contributed by atoms with E-state index in [1.807, 2.05) is 11.5 Å². The van der Waals surface area contributed by atoms with Crippen LogP contribution in [-0.4, -0.2) is 61.6 Å². The molecule has 1 aromatic heterocycles. The number of aryl methyl sites for hydroxylation is 1. The average Bonchev–Trinajstić information content (AvgIpc) is 3.00. The second kappa shape index (κ2) is 12.4. The van der Waals surface area contributed by atoms with Gasteiger partial charge in [0.2, 0.25) is 10.0 Å². The summed E-state index contributed by atoms with van der Waals surface area (Å²) < 4.78 is 27.1. The number of nitrogens with zero attached hydrogens (tertiary/aromatic N) is 4. The summed E-state index contributed by atoms with van der Waals surface area (Å²) in [6.45, 7) is 6.17. The van der Waals surface area contributed by atoms with Crippen LogP contribution in [0.3, 0.4) is 0 Å². The zero-order chi connectivity index (χ0) is 17.1. The molecule has 140 valence electrons. The first-order valence-electron chi connectivity index (χ1n) is 7.81. The van der Waals surface area contributed by atoms with E-state index in [0.717, 1.165) is 18.8 Å². The van der Waals surface area contributed by atoms with Gasteiger partial charge in [0.15, 0.2) is 5.96 Å². The second-order valence-corrected chi connectivity index (χ2v) is 6.97. The van der Waals surface area contributed by atoms with Crippen molar-refractivity contribution in [3.8, 4) is 0 Å². The van der Waals surface area contributed by atoms with Gasteiger partial charge in [-0.05, 0) is 13.3 Å². The van der Waals surface area contributed by atoms with E-state index in [9.17, 15) is 8.42 Å². The molecule has 1 aromatic rings. The van der Waals surface area contributed by atoms with Gasteiger partial charge in [0.1, 0.15) is 12.2 Å². The summed E-state index contributed by atoms with van der Waals surface area (Å²) in [7, 11) is -1.41. The van der Waals surface area contributed by atoms with Crippen molar-refractivity contribution in [2.75, 3.05) is 32.4 Å². The molecule has 1 heterocycles. The lowest BCUT2D eigenvalue weighted by molar-refractivity contribution is 0.579. The number of nitrogens with one attached hydrogen (secondary N) is 3. The maximum Gasteiger partial charge on any atom is 0.211 e. The van der Waals surface area contributed by atoms with E-state index < -0.39 is 10.0 Å². The molecule has 0 aliphatic heterocycles. The number of guanidine groups is 1. The van der Waals surface area contributed by atoms with Crippen molar-refractivity contribution in [1.29, 1.82) is 0 Å². The smallest absolute Gasteiger partial charge is 0.211 e. The molecule has 0 saturated heterocycles. The number of aromatic nitrogens is 3. The zero-order valence-corrected chi connectivity index (χ0v) is 17.6. The molecule has 1 rings (SSSR count). The number of halogens is 1. The molecule has 0 spiro atoms. The van der Waals surface area contributed by atoms with Crippen LogP contribution in [0.1, 0.15) is 26.1 Å². The normalized spacial score (nSPS) is 11.9. The molecule has 0 aromatic carbocycles. The van der Waals surface area contributed by atoms with E-state index in [1.165, 1.54) is 0 Å². The Balaban J connectivity index is 0.00000529. The van der Waals surface area contributed by atoms with Gasteiger partial charge in [-0.1, -0.05) is 6.92 Å². The molecule has 24 heavy (non-hydrogen) atoms. The Kier molecular flexibility index (Phi) is 11.9. The van der Waals surface area contributed by atoms with Gasteiger partial charge in [-0.15, -0.1) is 34.2 Å². The van der Waals surface area contributed by atoms with Crippen molar-refractivity contribution in [3.05, 3.63) is 12.2 Å². The third kappa shape index (κ3) is 8.78. The zero-order valence-electron chi connectivity index (χ0n) is 14.4. The van der Waals surface area contributed by atoms with Crippen molar-refractivity contribution in [2.24, 2.45) is 4.99 Å². The topological polar surface area (TPSA) is 113 Å². The van der Waals surface area contributed by atoms with E-state index in [1.54, 1.807) is 20.3 Å². The highest BCUT2D eigenvalue weighted by atomic mass is 127. The van der Waals surface area contributed by atoms with E-state index in [-0.39, 0.29) is 29.7 Å². The largest absolute Gasteiger partial charge is 0.356 e. The van der Waals surface area contributed by atoms with Gasteiger partial charge in [0, 0.05) is 39.6 Å². The van der Waals surface area contributed by atoms with E-state index in [0.29, 0.717) is 32.0 Å². The maximum atomic E-state index is 11.3. The first kappa shape index (κ1) is 23.1. The summed E-state index contributed by atoms with van der Waals surface area (Å²) in [5.41, 5.74) is 0. The van der Waals surface area contributed by atoms with Gasteiger partial charge >= 0.3 is 0 Å². The Bertz CT molecular complexity index is 589. The van der Waals surface area contributed by atoms with Crippen LogP contribution >= 0.6 is 24.0 Å².